The van der Waals surface area contributed by atoms with E-state index >= 15 is 0 Å². The van der Waals surface area contributed by atoms with E-state index in [1.54, 1.807) is 0 Å². The van der Waals surface area contributed by atoms with Gasteiger partial charge in [-0.05, 0) is 0 Å². The highest BCUT2D eigenvalue weighted by Gasteiger charge is 2.19. The highest BCUT2D eigenvalue weighted by atomic mass is 16.5. The molecule has 0 spiro atoms. The summed E-state index contributed by atoms with van der Waals surface area (Å²) in [6.45, 7) is 0. The van der Waals surface area contributed by atoms with Gasteiger partial charge >= 0.3 is 11.9 Å². The molecule has 0 radical (unpaired) electrons. The van der Waals surface area contributed by atoms with Gasteiger partial charge in [-0.15, -0.1) is 0 Å². The molecular weight excluding hydrogens is 254 g/mol. The molecule has 0 unspecified atom stereocenters. The van der Waals surface area contributed by atoms with Crippen molar-refractivity contribution in [2.75, 3.05) is 26.6 Å². The van der Waals surface area contributed by atoms with Gasteiger partial charge in [-0.25, -0.2) is 19.6 Å². The molecule has 0 aliphatic heterocycles. The van der Waals surface area contributed by atoms with Crippen molar-refractivity contribution in [2.24, 2.45) is 0 Å². The summed E-state index contributed by atoms with van der Waals surface area (Å²) in [4.78, 5) is 30.5. The van der Waals surface area contributed by atoms with Gasteiger partial charge in [0.25, 0.3) is 0 Å². The van der Waals surface area contributed by atoms with Gasteiger partial charge in [0.2, 0.25) is 5.95 Å². The van der Waals surface area contributed by atoms with Crippen LogP contribution < -0.4 is 10.1 Å². The molecule has 8 heteroatoms. The Morgan fingerprint density at radius 1 is 1.11 bits per heavy atom. The molecule has 0 aliphatic carbocycles. The third kappa shape index (κ3) is 3.95. The molecule has 1 heterocycles. The number of esters is 2. The van der Waals surface area contributed by atoms with Crippen LogP contribution in [0.4, 0.5) is 5.95 Å². The van der Waals surface area contributed by atoms with E-state index in [0.29, 0.717) is 5.75 Å². The summed E-state index contributed by atoms with van der Waals surface area (Å²) in [5, 5.41) is 2.59. The lowest BCUT2D eigenvalue weighted by atomic mass is 10.3. The SMILES string of the molecule is COC(=O)C(=CNc1ncc(OC)cn1)C(=O)OC. The lowest BCUT2D eigenvalue weighted by Gasteiger charge is -2.04. The molecule has 0 aliphatic rings. The van der Waals surface area contributed by atoms with E-state index in [4.69, 9.17) is 4.74 Å². The number of nitrogens with one attached hydrogen (secondary N) is 1. The lowest BCUT2D eigenvalue weighted by molar-refractivity contribution is -0.144. The highest BCUT2D eigenvalue weighted by Crippen LogP contribution is 2.08. The summed E-state index contributed by atoms with van der Waals surface area (Å²) >= 11 is 0. The molecule has 0 saturated heterocycles. The molecule has 0 aromatic carbocycles. The first-order valence-electron chi connectivity index (χ1n) is 5.11. The summed E-state index contributed by atoms with van der Waals surface area (Å²) in [6, 6.07) is 0. The molecule has 1 aromatic rings. The van der Waals surface area contributed by atoms with Crippen LogP contribution in [0.15, 0.2) is 24.2 Å². The minimum absolute atomic E-state index is 0.186. The second-order valence-electron chi connectivity index (χ2n) is 3.13. The van der Waals surface area contributed by atoms with Crippen LogP contribution >= 0.6 is 0 Å². The van der Waals surface area contributed by atoms with Crippen LogP contribution in [-0.2, 0) is 19.1 Å². The Morgan fingerprint density at radius 2 is 1.63 bits per heavy atom. The van der Waals surface area contributed by atoms with Gasteiger partial charge in [-0.2, -0.15) is 0 Å². The Balaban J connectivity index is 2.84. The molecule has 19 heavy (non-hydrogen) atoms. The van der Waals surface area contributed by atoms with Crippen LogP contribution in [0.1, 0.15) is 0 Å². The first-order valence-corrected chi connectivity index (χ1v) is 5.11. The predicted octanol–water partition coefficient (Wildman–Crippen LogP) is 0.127. The Kier molecular flexibility index (Phi) is 5.27. The molecular formula is C11H13N3O5. The fourth-order valence-corrected chi connectivity index (χ4v) is 1.05. The average molecular weight is 267 g/mol. The largest absolute Gasteiger partial charge is 0.494 e. The monoisotopic (exact) mass is 267 g/mol. The fourth-order valence-electron chi connectivity index (χ4n) is 1.05. The van der Waals surface area contributed by atoms with Crippen LogP contribution in [0.3, 0.4) is 0 Å². The van der Waals surface area contributed by atoms with Crippen LogP contribution in [0.5, 0.6) is 5.75 Å². The first-order chi connectivity index (χ1) is 9.12. The Bertz CT molecular complexity index is 466. The minimum Gasteiger partial charge on any atom is -0.494 e. The number of carbonyl (C=O) groups is 2. The number of rotatable bonds is 5. The summed E-state index contributed by atoms with van der Waals surface area (Å²) < 4.78 is 13.8. The number of methoxy groups -OCH3 is 3. The van der Waals surface area contributed by atoms with Gasteiger partial charge < -0.3 is 19.5 Å². The molecule has 1 rings (SSSR count). The number of anilines is 1. The summed E-state index contributed by atoms with van der Waals surface area (Å²) in [5.41, 5.74) is -0.301. The zero-order valence-electron chi connectivity index (χ0n) is 10.7. The van der Waals surface area contributed by atoms with Crippen molar-refractivity contribution >= 4 is 17.9 Å². The molecule has 1 N–H and O–H groups in total. The number of nitrogens with zero attached hydrogens (tertiary/aromatic N) is 2. The van der Waals surface area contributed by atoms with Gasteiger partial charge in [0, 0.05) is 6.20 Å². The lowest BCUT2D eigenvalue weighted by Crippen LogP contribution is -2.17. The normalized spacial score (nSPS) is 9.21. The van der Waals surface area contributed by atoms with E-state index in [9.17, 15) is 9.59 Å². The standard InChI is InChI=1S/C11H13N3O5/c1-17-7-4-12-11(13-5-7)14-6-8(9(15)18-2)10(16)19-3/h4-6H,1-3H3,(H,12,13,14). The number of ether oxygens (including phenoxy) is 3. The van der Waals surface area contributed by atoms with E-state index in [0.717, 1.165) is 20.4 Å². The molecule has 0 saturated carbocycles. The highest BCUT2D eigenvalue weighted by molar-refractivity contribution is 6.14. The summed E-state index contributed by atoms with van der Waals surface area (Å²) in [6.07, 6.45) is 3.97. The topological polar surface area (TPSA) is 99.6 Å². The van der Waals surface area contributed by atoms with Crippen molar-refractivity contribution in [3.63, 3.8) is 0 Å². The maximum atomic E-state index is 11.3. The van der Waals surface area contributed by atoms with Crippen LogP contribution in [0.25, 0.3) is 0 Å². The van der Waals surface area contributed by atoms with E-state index < -0.39 is 11.9 Å². The van der Waals surface area contributed by atoms with Crippen molar-refractivity contribution < 1.29 is 23.8 Å². The molecule has 8 nitrogen and oxygen atoms in total. The minimum atomic E-state index is -0.826. The Morgan fingerprint density at radius 3 is 2.05 bits per heavy atom. The van der Waals surface area contributed by atoms with Crippen molar-refractivity contribution in [1.29, 1.82) is 0 Å². The smallest absolute Gasteiger partial charge is 0.346 e. The predicted molar refractivity (Wildman–Crippen MR) is 64.3 cm³/mol. The zero-order valence-corrected chi connectivity index (χ0v) is 10.7. The van der Waals surface area contributed by atoms with Crippen molar-refractivity contribution in [3.05, 3.63) is 24.2 Å². The quantitative estimate of drug-likeness (QED) is 0.348. The molecule has 102 valence electrons. The van der Waals surface area contributed by atoms with Crippen LogP contribution in [-0.4, -0.2) is 43.2 Å². The van der Waals surface area contributed by atoms with Crippen LogP contribution in [0, 0.1) is 0 Å². The molecule has 0 atom stereocenters. The van der Waals surface area contributed by atoms with E-state index in [2.05, 4.69) is 24.8 Å². The van der Waals surface area contributed by atoms with Gasteiger partial charge in [-0.1, -0.05) is 0 Å². The number of hydrogen-bond acceptors (Lipinski definition) is 8. The molecule has 1 aromatic heterocycles. The molecule has 0 amide bonds. The zero-order chi connectivity index (χ0) is 14.3. The van der Waals surface area contributed by atoms with E-state index in [1.807, 2.05) is 0 Å². The van der Waals surface area contributed by atoms with Gasteiger partial charge in [0.1, 0.15) is 0 Å². The van der Waals surface area contributed by atoms with Crippen molar-refractivity contribution in [1.82, 2.24) is 9.97 Å². The second-order valence-corrected chi connectivity index (χ2v) is 3.13. The number of carbonyl (C=O) groups excluding carboxylic acids is 2. The van der Waals surface area contributed by atoms with Gasteiger partial charge in [-0.3, -0.25) is 0 Å². The Labute approximate surface area is 109 Å². The second kappa shape index (κ2) is 6.94. The van der Waals surface area contributed by atoms with Crippen LogP contribution in [0.2, 0.25) is 0 Å². The van der Waals surface area contributed by atoms with Crippen molar-refractivity contribution in [3.8, 4) is 5.75 Å². The summed E-state index contributed by atoms with van der Waals surface area (Å²) in [7, 11) is 3.80. The average Bonchev–Trinajstić information content (AvgIpc) is 2.47. The van der Waals surface area contributed by atoms with E-state index in [1.165, 1.54) is 19.5 Å². The van der Waals surface area contributed by atoms with Gasteiger partial charge in [0.05, 0.1) is 33.7 Å². The van der Waals surface area contributed by atoms with E-state index in [-0.39, 0.29) is 11.5 Å². The fraction of sp³-hybridized carbons (Fsp3) is 0.273. The number of aromatic nitrogens is 2. The summed E-state index contributed by atoms with van der Waals surface area (Å²) in [5.74, 6) is -0.984. The van der Waals surface area contributed by atoms with Gasteiger partial charge in [0.15, 0.2) is 11.3 Å². The maximum absolute atomic E-state index is 11.3. The number of hydrogen-bond donors (Lipinski definition) is 1. The van der Waals surface area contributed by atoms with Crippen molar-refractivity contribution in [2.45, 2.75) is 0 Å². The third-order valence-electron chi connectivity index (χ3n) is 2.02. The maximum Gasteiger partial charge on any atom is 0.346 e. The third-order valence-corrected chi connectivity index (χ3v) is 2.02. The molecule has 0 fully saturated rings. The molecule has 0 bridgehead atoms. The Hall–Kier alpha value is -2.64. The first kappa shape index (κ1) is 14.4.